The molecule has 25 heavy (non-hydrogen) atoms. The van der Waals surface area contributed by atoms with Crippen LogP contribution in [0.3, 0.4) is 0 Å². The van der Waals surface area contributed by atoms with Crippen LogP contribution in [-0.2, 0) is 4.79 Å². The number of hydrogen-bond acceptors (Lipinski definition) is 1. The monoisotopic (exact) mass is 362 g/mol. The maximum atomic E-state index is 10.7. The van der Waals surface area contributed by atoms with Crippen molar-refractivity contribution in [3.05, 3.63) is 58.7 Å². The van der Waals surface area contributed by atoms with Gasteiger partial charge in [0.1, 0.15) is 5.38 Å². The van der Waals surface area contributed by atoms with Gasteiger partial charge in [-0.15, -0.1) is 11.6 Å². The van der Waals surface area contributed by atoms with Gasteiger partial charge in [0.25, 0.3) is 0 Å². The Morgan fingerprint density at radius 2 is 1.96 bits per heavy atom. The van der Waals surface area contributed by atoms with Crippen molar-refractivity contribution < 1.29 is 9.90 Å². The Morgan fingerprint density at radius 1 is 1.28 bits per heavy atom. The molecule has 0 aromatic carbocycles. The molecule has 1 unspecified atom stereocenters. The molecule has 0 saturated carbocycles. The zero-order valence-corrected chi connectivity index (χ0v) is 16.9. The molecule has 0 aliphatic heterocycles. The molecule has 0 spiro atoms. The van der Waals surface area contributed by atoms with E-state index in [4.69, 9.17) is 16.7 Å². The highest BCUT2D eigenvalue weighted by Gasteiger charge is 2.26. The Hall–Kier alpha value is -1.54. The van der Waals surface area contributed by atoms with Crippen LogP contribution < -0.4 is 0 Å². The molecule has 0 saturated heterocycles. The predicted octanol–water partition coefficient (Wildman–Crippen LogP) is 6.60. The van der Waals surface area contributed by atoms with Crippen molar-refractivity contribution in [2.75, 3.05) is 0 Å². The molecule has 0 aromatic rings. The van der Waals surface area contributed by atoms with Crippen LogP contribution in [0.15, 0.2) is 58.7 Å². The van der Waals surface area contributed by atoms with Gasteiger partial charge in [-0.05, 0) is 57.4 Å². The fraction of sp³-hybridized carbons (Fsp3) is 0.500. The van der Waals surface area contributed by atoms with Crippen LogP contribution in [0, 0.1) is 5.41 Å². The second kappa shape index (κ2) is 9.82. The first-order valence-corrected chi connectivity index (χ1v) is 9.34. The number of carboxylic acids is 1. The fourth-order valence-corrected chi connectivity index (χ4v) is 3.18. The van der Waals surface area contributed by atoms with Crippen molar-refractivity contribution in [2.45, 2.75) is 65.7 Å². The summed E-state index contributed by atoms with van der Waals surface area (Å²) in [6.45, 7) is 10.9. The summed E-state index contributed by atoms with van der Waals surface area (Å²) in [7, 11) is 0. The highest BCUT2D eigenvalue weighted by Crippen LogP contribution is 2.40. The van der Waals surface area contributed by atoms with Crippen LogP contribution in [0.25, 0.3) is 0 Å². The SMILES string of the molecule is CC1=C(/C=C/C(C)=C/C=C/C(C)=C/CC(Cl)C(=O)O)C(C)(C)CCC1. The molecular formula is C22H31ClO2. The Morgan fingerprint density at radius 3 is 2.56 bits per heavy atom. The van der Waals surface area contributed by atoms with E-state index < -0.39 is 11.3 Å². The average Bonchev–Trinajstić information content (AvgIpc) is 2.51. The second-order valence-corrected chi connectivity index (χ2v) is 8.05. The highest BCUT2D eigenvalue weighted by molar-refractivity contribution is 6.29. The number of hydrogen-bond donors (Lipinski definition) is 1. The van der Waals surface area contributed by atoms with Crippen molar-refractivity contribution in [2.24, 2.45) is 5.41 Å². The lowest BCUT2D eigenvalue weighted by Gasteiger charge is -2.32. The number of rotatable bonds is 7. The minimum absolute atomic E-state index is 0.260. The first-order chi connectivity index (χ1) is 11.6. The molecule has 1 atom stereocenters. The summed E-state index contributed by atoms with van der Waals surface area (Å²) < 4.78 is 0. The van der Waals surface area contributed by atoms with Gasteiger partial charge in [0.2, 0.25) is 0 Å². The highest BCUT2D eigenvalue weighted by atomic mass is 35.5. The molecule has 2 nitrogen and oxygen atoms in total. The summed E-state index contributed by atoms with van der Waals surface area (Å²) in [6, 6.07) is 0. The molecule has 1 N–H and O–H groups in total. The predicted molar refractivity (Wildman–Crippen MR) is 108 cm³/mol. The van der Waals surface area contributed by atoms with Crippen LogP contribution in [0.4, 0.5) is 0 Å². The lowest BCUT2D eigenvalue weighted by molar-refractivity contribution is -0.136. The summed E-state index contributed by atoms with van der Waals surface area (Å²) in [5.74, 6) is -0.981. The van der Waals surface area contributed by atoms with Crippen LogP contribution in [-0.4, -0.2) is 16.5 Å². The molecule has 0 fully saturated rings. The summed E-state index contributed by atoms with van der Waals surface area (Å²) in [5.41, 5.74) is 5.42. The van der Waals surface area contributed by atoms with Gasteiger partial charge in [-0.25, -0.2) is 0 Å². The Bertz CT molecular complexity index is 630. The fourth-order valence-electron chi connectivity index (χ4n) is 3.09. The maximum Gasteiger partial charge on any atom is 0.321 e. The Balaban J connectivity index is 2.69. The van der Waals surface area contributed by atoms with Crippen LogP contribution in [0.5, 0.6) is 0 Å². The maximum absolute atomic E-state index is 10.7. The molecule has 0 heterocycles. The molecule has 3 heteroatoms. The first-order valence-electron chi connectivity index (χ1n) is 8.90. The van der Waals surface area contributed by atoms with E-state index in [1.807, 2.05) is 25.2 Å². The van der Waals surface area contributed by atoms with E-state index in [0.29, 0.717) is 6.42 Å². The number of carbonyl (C=O) groups is 1. The van der Waals surface area contributed by atoms with Crippen LogP contribution in [0.1, 0.15) is 60.3 Å². The number of halogens is 1. The number of allylic oxidation sites excluding steroid dienone is 10. The zero-order chi connectivity index (χ0) is 19.0. The number of carboxylic acid groups (broad SMARTS) is 1. The molecule has 138 valence electrons. The lowest BCUT2D eigenvalue weighted by atomic mass is 9.72. The third kappa shape index (κ3) is 7.48. The van der Waals surface area contributed by atoms with Gasteiger partial charge < -0.3 is 5.11 Å². The smallest absolute Gasteiger partial charge is 0.321 e. The van der Waals surface area contributed by atoms with E-state index in [0.717, 1.165) is 5.57 Å². The van der Waals surface area contributed by atoms with Gasteiger partial charge in [-0.2, -0.15) is 0 Å². The van der Waals surface area contributed by atoms with Crippen molar-refractivity contribution in [1.29, 1.82) is 0 Å². The molecular weight excluding hydrogens is 332 g/mol. The van der Waals surface area contributed by atoms with Gasteiger partial charge in [0.15, 0.2) is 0 Å². The molecule has 1 aliphatic carbocycles. The number of alkyl halides is 1. The molecule has 0 amide bonds. The first kappa shape index (κ1) is 21.5. The molecule has 0 radical (unpaired) electrons. The largest absolute Gasteiger partial charge is 0.480 e. The molecule has 1 rings (SSSR count). The van der Waals surface area contributed by atoms with Crippen molar-refractivity contribution in [3.8, 4) is 0 Å². The Kier molecular flexibility index (Phi) is 8.44. The average molecular weight is 363 g/mol. The van der Waals surface area contributed by atoms with Crippen LogP contribution in [0.2, 0.25) is 0 Å². The van der Waals surface area contributed by atoms with Crippen molar-refractivity contribution >= 4 is 17.6 Å². The summed E-state index contributed by atoms with van der Waals surface area (Å²) >= 11 is 5.70. The minimum atomic E-state index is -0.981. The summed E-state index contributed by atoms with van der Waals surface area (Å²) in [6.07, 6.45) is 16.4. The van der Waals surface area contributed by atoms with E-state index in [9.17, 15) is 4.79 Å². The van der Waals surface area contributed by atoms with E-state index in [1.54, 1.807) is 0 Å². The van der Waals surface area contributed by atoms with Gasteiger partial charge in [-0.1, -0.05) is 67.0 Å². The van der Waals surface area contributed by atoms with E-state index in [1.165, 1.54) is 36.0 Å². The quantitative estimate of drug-likeness (QED) is 0.409. The van der Waals surface area contributed by atoms with E-state index in [-0.39, 0.29) is 5.41 Å². The van der Waals surface area contributed by atoms with Crippen molar-refractivity contribution in [1.82, 2.24) is 0 Å². The summed E-state index contributed by atoms with van der Waals surface area (Å²) in [5, 5.41) is 7.90. The van der Waals surface area contributed by atoms with E-state index >= 15 is 0 Å². The zero-order valence-electron chi connectivity index (χ0n) is 16.1. The minimum Gasteiger partial charge on any atom is -0.480 e. The molecule has 0 bridgehead atoms. The summed E-state index contributed by atoms with van der Waals surface area (Å²) in [4.78, 5) is 10.7. The number of aliphatic carboxylic acids is 1. The standard InChI is InChI=1S/C22H31ClO2/c1-16(8-6-9-17(2)12-14-20(23)21(24)25)11-13-19-18(3)10-7-15-22(19,4)5/h6,8-9,11-13,20H,7,10,14-15H2,1-5H3,(H,24,25)/b9-6+,13-11+,16-8+,17-12+. The normalized spacial score (nSPS) is 20.6. The Labute approximate surface area is 157 Å². The van der Waals surface area contributed by atoms with Crippen LogP contribution >= 0.6 is 11.6 Å². The third-order valence-corrected chi connectivity index (χ3v) is 5.05. The van der Waals surface area contributed by atoms with Gasteiger partial charge in [0.05, 0.1) is 0 Å². The van der Waals surface area contributed by atoms with Crippen molar-refractivity contribution in [3.63, 3.8) is 0 Å². The second-order valence-electron chi connectivity index (χ2n) is 7.52. The lowest BCUT2D eigenvalue weighted by Crippen LogP contribution is -2.19. The topological polar surface area (TPSA) is 37.3 Å². The van der Waals surface area contributed by atoms with E-state index in [2.05, 4.69) is 45.9 Å². The van der Waals surface area contributed by atoms with Gasteiger partial charge in [-0.3, -0.25) is 4.79 Å². The van der Waals surface area contributed by atoms with Gasteiger partial charge in [0, 0.05) is 0 Å². The third-order valence-electron chi connectivity index (χ3n) is 4.69. The molecule has 0 aromatic heterocycles. The molecule has 1 aliphatic rings. The van der Waals surface area contributed by atoms with Gasteiger partial charge >= 0.3 is 5.97 Å².